The highest BCUT2D eigenvalue weighted by Crippen LogP contribution is 2.25. The number of rotatable bonds is 33. The van der Waals surface area contributed by atoms with Gasteiger partial charge in [-0.15, -0.1) is 0 Å². The summed E-state index contributed by atoms with van der Waals surface area (Å²) >= 11 is 0. The molecule has 0 aliphatic carbocycles. The first kappa shape index (κ1) is 48.3. The maximum Gasteiger partial charge on any atom is 0.220 e. The van der Waals surface area contributed by atoms with Crippen LogP contribution >= 0.6 is 0 Å². The molecule has 0 bridgehead atoms. The zero-order chi connectivity index (χ0) is 41.8. The molecule has 324 valence electrons. The summed E-state index contributed by atoms with van der Waals surface area (Å²) in [6, 6.07) is 15.6. The number of ether oxygens (including phenoxy) is 5. The molecule has 0 saturated heterocycles. The number of anilines is 2. The SMILES string of the molecule is CCOCCOCCNC(=O)CCCC(=O)NCCCOCCOCCOCCCNC(=O)CCCCC[n+]1c2cc(N(C)C)ccc2cc2ccc(N(C)C)cc21. The van der Waals surface area contributed by atoms with Gasteiger partial charge in [-0.05, 0) is 69.4 Å². The van der Waals surface area contributed by atoms with Crippen LogP contribution in [-0.4, -0.2) is 132 Å². The Hall–Kier alpha value is -4.08. The molecule has 0 radical (unpaired) electrons. The van der Waals surface area contributed by atoms with Gasteiger partial charge in [0.1, 0.15) is 6.54 Å². The number of carbonyl (C=O) groups excluding carboxylic acids is 3. The zero-order valence-electron chi connectivity index (χ0n) is 35.9. The van der Waals surface area contributed by atoms with Gasteiger partial charge in [0.2, 0.25) is 28.8 Å². The lowest BCUT2D eigenvalue weighted by atomic mass is 10.1. The Morgan fingerprint density at radius 3 is 1.45 bits per heavy atom. The Morgan fingerprint density at radius 1 is 0.500 bits per heavy atom. The lowest BCUT2D eigenvalue weighted by molar-refractivity contribution is -0.645. The van der Waals surface area contributed by atoms with Gasteiger partial charge in [-0.1, -0.05) is 0 Å². The van der Waals surface area contributed by atoms with Gasteiger partial charge in [-0.2, -0.15) is 4.57 Å². The third-order valence-corrected chi connectivity index (χ3v) is 9.51. The molecule has 14 nitrogen and oxygen atoms in total. The van der Waals surface area contributed by atoms with Crippen molar-refractivity contribution in [3.63, 3.8) is 0 Å². The van der Waals surface area contributed by atoms with E-state index in [0.717, 1.165) is 32.2 Å². The summed E-state index contributed by atoms with van der Waals surface area (Å²) in [5.41, 5.74) is 4.80. The quantitative estimate of drug-likeness (QED) is 0.0461. The van der Waals surface area contributed by atoms with Crippen molar-refractivity contribution in [3.8, 4) is 0 Å². The molecule has 3 amide bonds. The summed E-state index contributed by atoms with van der Waals surface area (Å²) in [5, 5.41) is 11.1. The van der Waals surface area contributed by atoms with Crippen LogP contribution in [0.5, 0.6) is 0 Å². The minimum atomic E-state index is -0.0813. The average Bonchev–Trinajstić information content (AvgIpc) is 3.20. The van der Waals surface area contributed by atoms with Crippen LogP contribution in [0.3, 0.4) is 0 Å². The zero-order valence-corrected chi connectivity index (χ0v) is 35.9. The molecule has 58 heavy (non-hydrogen) atoms. The molecule has 3 aromatic rings. The van der Waals surface area contributed by atoms with Crippen LogP contribution in [0.25, 0.3) is 21.8 Å². The Kier molecular flexibility index (Phi) is 24.3. The summed E-state index contributed by atoms with van der Waals surface area (Å²) < 4.78 is 29.7. The van der Waals surface area contributed by atoms with Crippen molar-refractivity contribution >= 4 is 50.9 Å². The Balaban J connectivity index is 1.12. The first-order valence-electron chi connectivity index (χ1n) is 21.1. The van der Waals surface area contributed by atoms with E-state index < -0.39 is 0 Å². The van der Waals surface area contributed by atoms with Crippen LogP contribution in [0.4, 0.5) is 11.4 Å². The van der Waals surface area contributed by atoms with Crippen molar-refractivity contribution in [2.45, 2.75) is 71.3 Å². The predicted molar refractivity (Wildman–Crippen MR) is 231 cm³/mol. The minimum Gasteiger partial charge on any atom is -0.379 e. The van der Waals surface area contributed by atoms with E-state index in [-0.39, 0.29) is 17.7 Å². The number of pyridine rings is 1. The molecule has 0 fully saturated rings. The lowest BCUT2D eigenvalue weighted by Gasteiger charge is -2.15. The van der Waals surface area contributed by atoms with Gasteiger partial charge in [0, 0.05) is 128 Å². The van der Waals surface area contributed by atoms with E-state index in [0.29, 0.717) is 118 Å². The smallest absolute Gasteiger partial charge is 0.220 e. The Morgan fingerprint density at radius 2 is 0.948 bits per heavy atom. The van der Waals surface area contributed by atoms with Gasteiger partial charge in [-0.3, -0.25) is 14.4 Å². The van der Waals surface area contributed by atoms with E-state index in [1.165, 1.54) is 33.2 Å². The number of aromatic nitrogens is 1. The maximum absolute atomic E-state index is 12.5. The number of amides is 3. The maximum atomic E-state index is 12.5. The second-order valence-electron chi connectivity index (χ2n) is 14.6. The molecule has 3 rings (SSSR count). The fourth-order valence-corrected chi connectivity index (χ4v) is 6.25. The van der Waals surface area contributed by atoms with Crippen molar-refractivity contribution in [1.82, 2.24) is 16.0 Å². The van der Waals surface area contributed by atoms with Gasteiger partial charge >= 0.3 is 0 Å². The number of unbranched alkanes of at least 4 members (excludes halogenated alkanes) is 2. The van der Waals surface area contributed by atoms with Crippen molar-refractivity contribution < 1.29 is 42.6 Å². The third-order valence-electron chi connectivity index (χ3n) is 9.51. The highest BCUT2D eigenvalue weighted by molar-refractivity contribution is 5.91. The largest absolute Gasteiger partial charge is 0.379 e. The van der Waals surface area contributed by atoms with Crippen LogP contribution in [0, 0.1) is 0 Å². The molecule has 2 aromatic carbocycles. The monoisotopic (exact) mass is 812 g/mol. The van der Waals surface area contributed by atoms with Gasteiger partial charge in [0.05, 0.1) is 46.2 Å². The van der Waals surface area contributed by atoms with Gasteiger partial charge in [0.15, 0.2) is 0 Å². The molecular formula is C44H71N6O8+. The molecule has 1 aromatic heterocycles. The molecule has 0 saturated carbocycles. The van der Waals surface area contributed by atoms with E-state index in [4.69, 9.17) is 23.7 Å². The highest BCUT2D eigenvalue weighted by atomic mass is 16.5. The summed E-state index contributed by atoms with van der Waals surface area (Å²) in [4.78, 5) is 40.6. The van der Waals surface area contributed by atoms with Crippen LogP contribution in [0.15, 0.2) is 42.5 Å². The summed E-state index contributed by atoms with van der Waals surface area (Å²) in [6.07, 6.45) is 5.92. The molecule has 0 unspecified atom stereocenters. The molecule has 0 spiro atoms. The van der Waals surface area contributed by atoms with Crippen molar-refractivity contribution in [2.24, 2.45) is 0 Å². The summed E-state index contributed by atoms with van der Waals surface area (Å²) in [7, 11) is 8.29. The number of benzene rings is 2. The molecule has 14 heteroatoms. The van der Waals surface area contributed by atoms with E-state index in [2.05, 4.69) is 101 Å². The molecule has 0 aliphatic rings. The standard InChI is InChI=1S/C44H70N6O8/c1-6-54-27-28-57-26-22-47-44(53)15-10-14-43(52)46-21-12-25-56-30-32-58-31-29-55-24-11-20-45-42(51)13-8-7-9-23-50-40-34-38(48(2)3)18-16-36(40)33-37-17-19-39(49(4)5)35-41(37)50/h16-19,33-35H,6-15,20-32H2,1-5H3,(H2-,45,46,47,51,52,53)/p+1. The number of aryl methyl sites for hydroxylation is 1. The fourth-order valence-electron chi connectivity index (χ4n) is 6.25. The number of hydrogen-bond acceptors (Lipinski definition) is 10. The minimum absolute atomic E-state index is 0.0661. The first-order valence-corrected chi connectivity index (χ1v) is 21.1. The second kappa shape index (κ2) is 29.2. The number of carbonyl (C=O) groups is 3. The average molecular weight is 812 g/mol. The van der Waals surface area contributed by atoms with Crippen molar-refractivity contribution in [3.05, 3.63) is 42.5 Å². The number of nitrogens with one attached hydrogen (secondary N) is 3. The molecular weight excluding hydrogens is 741 g/mol. The highest BCUT2D eigenvalue weighted by Gasteiger charge is 2.18. The first-order chi connectivity index (χ1) is 28.2. The van der Waals surface area contributed by atoms with E-state index in [1.807, 2.05) is 6.92 Å². The normalized spacial score (nSPS) is 11.3. The van der Waals surface area contributed by atoms with E-state index in [1.54, 1.807) is 0 Å². The van der Waals surface area contributed by atoms with Crippen LogP contribution in [0.2, 0.25) is 0 Å². The Bertz CT molecular complexity index is 1570. The van der Waals surface area contributed by atoms with Gasteiger partial charge in [0.25, 0.3) is 0 Å². The van der Waals surface area contributed by atoms with Crippen molar-refractivity contribution in [2.75, 3.05) is 124 Å². The molecule has 1 heterocycles. The third kappa shape index (κ3) is 19.6. The predicted octanol–water partition coefficient (Wildman–Crippen LogP) is 4.37. The van der Waals surface area contributed by atoms with Gasteiger partial charge in [-0.25, -0.2) is 0 Å². The molecule has 0 aliphatic heterocycles. The molecule has 3 N–H and O–H groups in total. The number of fused-ring (bicyclic) bond motifs is 2. The van der Waals surface area contributed by atoms with E-state index in [9.17, 15) is 14.4 Å². The summed E-state index contributed by atoms with van der Waals surface area (Å²) in [5.74, 6) is -0.0603. The van der Waals surface area contributed by atoms with Gasteiger partial charge < -0.3 is 49.4 Å². The van der Waals surface area contributed by atoms with Crippen molar-refractivity contribution in [1.29, 1.82) is 0 Å². The van der Waals surface area contributed by atoms with Crippen LogP contribution in [0.1, 0.15) is 64.7 Å². The molecule has 0 atom stereocenters. The lowest BCUT2D eigenvalue weighted by Crippen LogP contribution is -2.36. The number of nitrogens with zero attached hydrogens (tertiary/aromatic N) is 3. The fraction of sp³-hybridized carbons (Fsp3) is 0.636. The summed E-state index contributed by atoms with van der Waals surface area (Å²) in [6.45, 7) is 9.55. The van der Waals surface area contributed by atoms with Crippen LogP contribution in [-0.2, 0) is 44.6 Å². The van der Waals surface area contributed by atoms with E-state index >= 15 is 0 Å². The second-order valence-corrected chi connectivity index (χ2v) is 14.6. The topological polar surface area (TPSA) is 144 Å². The van der Waals surface area contributed by atoms with Crippen LogP contribution < -0.4 is 30.3 Å². The number of hydrogen-bond donors (Lipinski definition) is 3. The Labute approximate surface area is 346 Å².